The lowest BCUT2D eigenvalue weighted by Gasteiger charge is -2.14. The van der Waals surface area contributed by atoms with Crippen molar-refractivity contribution in [2.75, 3.05) is 12.4 Å². The van der Waals surface area contributed by atoms with Crippen LogP contribution in [0.4, 0.5) is 0 Å². The molecule has 6 heteroatoms. The summed E-state index contributed by atoms with van der Waals surface area (Å²) in [6.07, 6.45) is 0. The Labute approximate surface area is 131 Å². The molecule has 0 N–H and O–H groups in total. The Balaban J connectivity index is 2.79. The predicted octanol–water partition coefficient (Wildman–Crippen LogP) is 3.85. The summed E-state index contributed by atoms with van der Waals surface area (Å²) in [7, 11) is -3.05. The van der Waals surface area contributed by atoms with Crippen molar-refractivity contribution in [2.24, 2.45) is 0 Å². The topological polar surface area (TPSA) is 43.4 Å². The molecule has 1 aromatic rings. The highest BCUT2D eigenvalue weighted by Gasteiger charge is 2.17. The van der Waals surface area contributed by atoms with Crippen LogP contribution in [0.15, 0.2) is 16.6 Å². The second kappa shape index (κ2) is 7.09. The standard InChI is InChI=1S/C13H18Br2O3S/c1-9(2)19(16,17)5-4-18-13-10(3)6-12(15)7-11(13)8-14/h6-7,9H,4-5,8H2,1-3H3. The average molecular weight is 414 g/mol. The van der Waals surface area contributed by atoms with Gasteiger partial charge in [-0.05, 0) is 38.5 Å². The van der Waals surface area contributed by atoms with Crippen molar-refractivity contribution in [3.8, 4) is 5.75 Å². The highest BCUT2D eigenvalue weighted by Crippen LogP contribution is 2.29. The molecule has 0 aliphatic heterocycles. The predicted molar refractivity (Wildman–Crippen MR) is 85.9 cm³/mol. The van der Waals surface area contributed by atoms with Gasteiger partial charge in [-0.3, -0.25) is 0 Å². The Hall–Kier alpha value is -0.0700. The fourth-order valence-corrected chi connectivity index (χ4v) is 3.42. The Bertz CT molecular complexity index is 539. The van der Waals surface area contributed by atoms with E-state index in [0.29, 0.717) is 5.33 Å². The highest BCUT2D eigenvalue weighted by atomic mass is 79.9. The number of ether oxygens (including phenoxy) is 1. The number of hydrogen-bond acceptors (Lipinski definition) is 3. The maximum atomic E-state index is 11.7. The van der Waals surface area contributed by atoms with Crippen molar-refractivity contribution in [3.05, 3.63) is 27.7 Å². The fourth-order valence-electron chi connectivity index (χ4n) is 1.60. The van der Waals surface area contributed by atoms with Gasteiger partial charge in [-0.25, -0.2) is 8.42 Å². The van der Waals surface area contributed by atoms with Gasteiger partial charge in [0.15, 0.2) is 9.84 Å². The van der Waals surface area contributed by atoms with Gasteiger partial charge in [-0.1, -0.05) is 31.9 Å². The maximum Gasteiger partial charge on any atom is 0.155 e. The summed E-state index contributed by atoms with van der Waals surface area (Å²) < 4.78 is 30.1. The molecule has 1 rings (SSSR count). The zero-order valence-corrected chi connectivity index (χ0v) is 15.2. The summed E-state index contributed by atoms with van der Waals surface area (Å²) in [5, 5.41) is 0.303. The van der Waals surface area contributed by atoms with Crippen LogP contribution in [0, 0.1) is 6.92 Å². The Kier molecular flexibility index (Phi) is 6.33. The van der Waals surface area contributed by atoms with Gasteiger partial charge < -0.3 is 4.74 Å². The first-order valence-corrected chi connectivity index (χ1v) is 9.60. The van der Waals surface area contributed by atoms with Crippen molar-refractivity contribution < 1.29 is 13.2 Å². The SMILES string of the molecule is Cc1cc(Br)cc(CBr)c1OCCS(=O)(=O)C(C)C. The van der Waals surface area contributed by atoms with Gasteiger partial charge in [-0.2, -0.15) is 0 Å². The molecule has 0 radical (unpaired) electrons. The van der Waals surface area contributed by atoms with Gasteiger partial charge in [0, 0.05) is 15.4 Å². The van der Waals surface area contributed by atoms with Crippen LogP contribution < -0.4 is 4.74 Å². The highest BCUT2D eigenvalue weighted by molar-refractivity contribution is 9.10. The van der Waals surface area contributed by atoms with Crippen molar-refractivity contribution in [1.82, 2.24) is 0 Å². The number of sulfone groups is 1. The van der Waals surface area contributed by atoms with E-state index in [1.54, 1.807) is 13.8 Å². The first-order valence-electron chi connectivity index (χ1n) is 5.97. The molecule has 0 aliphatic rings. The van der Waals surface area contributed by atoms with Crippen molar-refractivity contribution in [2.45, 2.75) is 31.4 Å². The smallest absolute Gasteiger partial charge is 0.155 e. The van der Waals surface area contributed by atoms with E-state index in [9.17, 15) is 8.42 Å². The molecule has 0 saturated heterocycles. The lowest BCUT2D eigenvalue weighted by molar-refractivity contribution is 0.335. The quantitative estimate of drug-likeness (QED) is 0.665. The van der Waals surface area contributed by atoms with Gasteiger partial charge in [-0.15, -0.1) is 0 Å². The second-order valence-corrected chi connectivity index (χ2v) is 8.76. The minimum Gasteiger partial charge on any atom is -0.492 e. The van der Waals surface area contributed by atoms with E-state index in [4.69, 9.17) is 4.74 Å². The molecule has 0 aliphatic carbocycles. The Morgan fingerprint density at radius 3 is 2.47 bits per heavy atom. The maximum absolute atomic E-state index is 11.7. The number of benzene rings is 1. The molecule has 1 aromatic carbocycles. The third kappa shape index (κ3) is 4.76. The van der Waals surface area contributed by atoms with Crippen LogP contribution in [0.2, 0.25) is 0 Å². The summed E-state index contributed by atoms with van der Waals surface area (Å²) in [5.74, 6) is 0.807. The minimum absolute atomic E-state index is 0.0435. The third-order valence-corrected chi connectivity index (χ3v) is 6.03. The lowest BCUT2D eigenvalue weighted by Crippen LogP contribution is -2.22. The molecule has 0 atom stereocenters. The first kappa shape index (κ1) is 17.0. The molecule has 0 unspecified atom stereocenters. The monoisotopic (exact) mass is 412 g/mol. The van der Waals surface area contributed by atoms with Crippen LogP contribution in [0.3, 0.4) is 0 Å². The summed E-state index contributed by atoms with van der Waals surface area (Å²) in [6.45, 7) is 5.50. The molecule has 0 saturated carbocycles. The van der Waals surface area contributed by atoms with E-state index in [1.165, 1.54) is 0 Å². The average Bonchev–Trinajstić information content (AvgIpc) is 2.30. The molecule has 108 valence electrons. The van der Waals surface area contributed by atoms with Crippen LogP contribution >= 0.6 is 31.9 Å². The molecule has 3 nitrogen and oxygen atoms in total. The van der Waals surface area contributed by atoms with Gasteiger partial charge in [0.25, 0.3) is 0 Å². The molecule has 0 fully saturated rings. The van der Waals surface area contributed by atoms with Crippen LogP contribution in [-0.2, 0) is 15.2 Å². The van der Waals surface area contributed by atoms with Crippen molar-refractivity contribution >= 4 is 41.7 Å². The number of alkyl halides is 1. The molecular weight excluding hydrogens is 396 g/mol. The number of halogens is 2. The minimum atomic E-state index is -3.05. The Morgan fingerprint density at radius 2 is 1.95 bits per heavy atom. The van der Waals surface area contributed by atoms with E-state index in [0.717, 1.165) is 21.3 Å². The van der Waals surface area contributed by atoms with E-state index < -0.39 is 9.84 Å². The van der Waals surface area contributed by atoms with Crippen LogP contribution in [0.1, 0.15) is 25.0 Å². The van der Waals surface area contributed by atoms with Crippen molar-refractivity contribution in [1.29, 1.82) is 0 Å². The van der Waals surface area contributed by atoms with Crippen molar-refractivity contribution in [3.63, 3.8) is 0 Å². The van der Waals surface area contributed by atoms with E-state index in [-0.39, 0.29) is 17.6 Å². The number of aryl methyl sites for hydroxylation is 1. The summed E-state index contributed by atoms with van der Waals surface area (Å²) >= 11 is 6.85. The fraction of sp³-hybridized carbons (Fsp3) is 0.538. The van der Waals surface area contributed by atoms with Crippen LogP contribution in [0.5, 0.6) is 5.75 Å². The molecule has 19 heavy (non-hydrogen) atoms. The molecule has 0 bridgehead atoms. The summed E-state index contributed by atoms with van der Waals surface area (Å²) in [4.78, 5) is 0. The lowest BCUT2D eigenvalue weighted by atomic mass is 10.1. The van der Waals surface area contributed by atoms with Gasteiger partial charge in [0.05, 0.1) is 11.0 Å². The van der Waals surface area contributed by atoms with E-state index in [2.05, 4.69) is 31.9 Å². The molecule has 0 amide bonds. The Morgan fingerprint density at radius 1 is 1.32 bits per heavy atom. The van der Waals surface area contributed by atoms with Gasteiger partial charge in [0.1, 0.15) is 12.4 Å². The van der Waals surface area contributed by atoms with Crippen LogP contribution in [-0.4, -0.2) is 26.0 Å². The first-order chi connectivity index (χ1) is 8.77. The molecular formula is C13H18Br2O3S. The van der Waals surface area contributed by atoms with Gasteiger partial charge >= 0.3 is 0 Å². The number of hydrogen-bond donors (Lipinski definition) is 0. The molecule has 0 aromatic heterocycles. The zero-order valence-electron chi connectivity index (χ0n) is 11.2. The summed E-state index contributed by atoms with van der Waals surface area (Å²) in [5.41, 5.74) is 2.00. The second-order valence-electron chi connectivity index (χ2n) is 4.61. The third-order valence-electron chi connectivity index (χ3n) is 2.79. The zero-order chi connectivity index (χ0) is 14.6. The normalized spacial score (nSPS) is 11.9. The largest absolute Gasteiger partial charge is 0.492 e. The van der Waals surface area contributed by atoms with Gasteiger partial charge in [0.2, 0.25) is 0 Å². The summed E-state index contributed by atoms with van der Waals surface area (Å²) in [6, 6.07) is 3.92. The molecule has 0 heterocycles. The van der Waals surface area contributed by atoms with E-state index in [1.807, 2.05) is 19.1 Å². The van der Waals surface area contributed by atoms with E-state index >= 15 is 0 Å². The van der Waals surface area contributed by atoms with Crippen LogP contribution in [0.25, 0.3) is 0 Å². The number of rotatable bonds is 6. The molecule has 0 spiro atoms.